The van der Waals surface area contributed by atoms with Crippen LogP contribution in [0.5, 0.6) is 0 Å². The SMILES string of the molecule is COC(=O)c1ccc(N2C(=O)CC(N(Cc3cccs3)C(=O)c3ccc([N+](=O)[O-])cc3)C2=O)cc1. The van der Waals surface area contributed by atoms with Crippen molar-refractivity contribution in [1.29, 1.82) is 0 Å². The lowest BCUT2D eigenvalue weighted by atomic mass is 10.1. The maximum Gasteiger partial charge on any atom is 0.337 e. The Morgan fingerprint density at radius 1 is 1.09 bits per heavy atom. The maximum absolute atomic E-state index is 13.4. The highest BCUT2D eigenvalue weighted by Gasteiger charge is 2.44. The summed E-state index contributed by atoms with van der Waals surface area (Å²) in [5, 5.41) is 12.8. The quantitative estimate of drug-likeness (QED) is 0.214. The van der Waals surface area contributed by atoms with Crippen molar-refractivity contribution in [2.45, 2.75) is 19.0 Å². The van der Waals surface area contributed by atoms with E-state index in [0.717, 1.165) is 9.78 Å². The molecule has 3 amide bonds. The third-order valence-electron chi connectivity index (χ3n) is 5.54. The maximum atomic E-state index is 13.4. The summed E-state index contributed by atoms with van der Waals surface area (Å²) >= 11 is 1.40. The molecule has 1 atom stereocenters. The molecular weight excluding hydrogens is 474 g/mol. The number of carbonyl (C=O) groups excluding carboxylic acids is 4. The Bertz CT molecular complexity index is 1290. The summed E-state index contributed by atoms with van der Waals surface area (Å²) in [4.78, 5) is 64.8. The molecular formula is C24H19N3O7S. The van der Waals surface area contributed by atoms with Crippen molar-refractivity contribution in [2.75, 3.05) is 12.0 Å². The molecule has 1 unspecified atom stereocenters. The van der Waals surface area contributed by atoms with E-state index in [9.17, 15) is 29.3 Å². The molecule has 10 nitrogen and oxygen atoms in total. The number of amides is 3. The van der Waals surface area contributed by atoms with Gasteiger partial charge < -0.3 is 9.64 Å². The van der Waals surface area contributed by atoms with Gasteiger partial charge in [-0.2, -0.15) is 0 Å². The summed E-state index contributed by atoms with van der Waals surface area (Å²) in [5.41, 5.74) is 0.530. The van der Waals surface area contributed by atoms with Crippen LogP contribution in [0, 0.1) is 10.1 Å². The second-order valence-corrected chi connectivity index (χ2v) is 8.67. The van der Waals surface area contributed by atoms with Crippen LogP contribution in [0.2, 0.25) is 0 Å². The van der Waals surface area contributed by atoms with E-state index in [0.29, 0.717) is 0 Å². The lowest BCUT2D eigenvalue weighted by Crippen LogP contribution is -2.45. The molecule has 0 bridgehead atoms. The Morgan fingerprint density at radius 2 is 1.74 bits per heavy atom. The molecule has 0 radical (unpaired) electrons. The van der Waals surface area contributed by atoms with Crippen molar-refractivity contribution < 1.29 is 28.8 Å². The lowest BCUT2D eigenvalue weighted by molar-refractivity contribution is -0.384. The third kappa shape index (κ3) is 4.80. The number of esters is 1. The Balaban J connectivity index is 1.64. The Hall–Kier alpha value is -4.38. The number of nitro benzene ring substituents is 1. The number of nitrogens with zero attached hydrogens (tertiary/aromatic N) is 3. The third-order valence-corrected chi connectivity index (χ3v) is 6.40. The standard InChI is InChI=1S/C24H19N3O7S/c1-34-24(31)16-6-8-17(9-7-16)26-21(28)13-20(23(26)30)25(14-19-3-2-12-35-19)22(29)15-4-10-18(11-5-15)27(32)33/h2-12,20H,13-14H2,1H3. The van der Waals surface area contributed by atoms with Gasteiger partial charge in [0.15, 0.2) is 0 Å². The van der Waals surface area contributed by atoms with Crippen molar-refractivity contribution in [2.24, 2.45) is 0 Å². The van der Waals surface area contributed by atoms with E-state index in [-0.39, 0.29) is 35.5 Å². The van der Waals surface area contributed by atoms with Gasteiger partial charge in [-0.05, 0) is 47.8 Å². The first-order valence-electron chi connectivity index (χ1n) is 10.4. The van der Waals surface area contributed by atoms with E-state index in [1.165, 1.54) is 71.9 Å². The predicted octanol–water partition coefficient (Wildman–Crippen LogP) is 3.42. The largest absolute Gasteiger partial charge is 0.465 e. The number of benzene rings is 2. The van der Waals surface area contributed by atoms with Crippen LogP contribution in [-0.2, 0) is 20.9 Å². The summed E-state index contributed by atoms with van der Waals surface area (Å²) in [6, 6.07) is 13.5. The van der Waals surface area contributed by atoms with Crippen molar-refractivity contribution in [1.82, 2.24) is 4.90 Å². The lowest BCUT2D eigenvalue weighted by Gasteiger charge is -2.27. The minimum Gasteiger partial charge on any atom is -0.465 e. The van der Waals surface area contributed by atoms with Gasteiger partial charge in [0, 0.05) is 22.6 Å². The number of methoxy groups -OCH3 is 1. The number of ether oxygens (including phenoxy) is 1. The van der Waals surface area contributed by atoms with Gasteiger partial charge in [0.05, 0.1) is 36.2 Å². The first-order valence-corrected chi connectivity index (χ1v) is 11.3. The highest BCUT2D eigenvalue weighted by atomic mass is 32.1. The molecule has 1 aliphatic rings. The molecule has 4 rings (SSSR count). The number of anilines is 1. The average molecular weight is 493 g/mol. The Kier molecular flexibility index (Phi) is 6.69. The first-order chi connectivity index (χ1) is 16.8. The van der Waals surface area contributed by atoms with E-state index in [4.69, 9.17) is 0 Å². The first kappa shape index (κ1) is 23.8. The van der Waals surface area contributed by atoms with Crippen molar-refractivity contribution in [3.8, 4) is 0 Å². The zero-order valence-corrected chi connectivity index (χ0v) is 19.3. The molecule has 1 saturated heterocycles. The van der Waals surface area contributed by atoms with Crippen LogP contribution < -0.4 is 4.90 Å². The minimum atomic E-state index is -1.06. The Morgan fingerprint density at radius 3 is 2.31 bits per heavy atom. The fourth-order valence-electron chi connectivity index (χ4n) is 3.78. The molecule has 1 fully saturated rings. The van der Waals surface area contributed by atoms with Gasteiger partial charge in [-0.15, -0.1) is 11.3 Å². The smallest absolute Gasteiger partial charge is 0.337 e. The molecule has 1 aliphatic heterocycles. The highest BCUT2D eigenvalue weighted by Crippen LogP contribution is 2.29. The van der Waals surface area contributed by atoms with Crippen LogP contribution in [0.3, 0.4) is 0 Å². The number of hydrogen-bond donors (Lipinski definition) is 0. The normalized spacial score (nSPS) is 15.2. The van der Waals surface area contributed by atoms with Crippen molar-refractivity contribution >= 4 is 46.4 Å². The molecule has 0 aliphatic carbocycles. The number of rotatable bonds is 7. The summed E-state index contributed by atoms with van der Waals surface area (Å²) in [5.74, 6) is -2.14. The number of non-ortho nitro benzene ring substituents is 1. The second kappa shape index (κ2) is 9.85. The second-order valence-electron chi connectivity index (χ2n) is 7.64. The minimum absolute atomic E-state index is 0.0896. The van der Waals surface area contributed by atoms with E-state index in [1.54, 1.807) is 0 Å². The average Bonchev–Trinajstić information content (AvgIpc) is 3.49. The van der Waals surface area contributed by atoms with Gasteiger partial charge in [-0.1, -0.05) is 6.07 Å². The van der Waals surface area contributed by atoms with Gasteiger partial charge in [0.1, 0.15) is 6.04 Å². The summed E-state index contributed by atoms with van der Waals surface area (Å²) in [6.07, 6.45) is -0.221. The molecule has 11 heteroatoms. The summed E-state index contributed by atoms with van der Waals surface area (Å²) in [7, 11) is 1.25. The van der Waals surface area contributed by atoms with Crippen molar-refractivity contribution in [3.63, 3.8) is 0 Å². The highest BCUT2D eigenvalue weighted by molar-refractivity contribution is 7.09. The molecule has 178 valence electrons. The van der Waals surface area contributed by atoms with Crippen LogP contribution in [0.4, 0.5) is 11.4 Å². The number of imide groups is 1. The van der Waals surface area contributed by atoms with Gasteiger partial charge in [0.2, 0.25) is 5.91 Å². The van der Waals surface area contributed by atoms with Gasteiger partial charge in [0.25, 0.3) is 17.5 Å². The zero-order chi connectivity index (χ0) is 25.1. The predicted molar refractivity (Wildman–Crippen MR) is 126 cm³/mol. The topological polar surface area (TPSA) is 127 Å². The number of nitro groups is 1. The monoisotopic (exact) mass is 493 g/mol. The number of thiophene rings is 1. The molecule has 2 heterocycles. The van der Waals surface area contributed by atoms with E-state index >= 15 is 0 Å². The number of hydrogen-bond acceptors (Lipinski definition) is 8. The molecule has 2 aromatic carbocycles. The van der Waals surface area contributed by atoms with E-state index < -0.39 is 34.7 Å². The molecule has 35 heavy (non-hydrogen) atoms. The van der Waals surface area contributed by atoms with Crippen molar-refractivity contribution in [3.05, 3.63) is 92.2 Å². The van der Waals surface area contributed by atoms with Gasteiger partial charge >= 0.3 is 5.97 Å². The van der Waals surface area contributed by atoms with Crippen LogP contribution >= 0.6 is 11.3 Å². The van der Waals surface area contributed by atoms with Crippen LogP contribution in [0.1, 0.15) is 32.0 Å². The summed E-state index contributed by atoms with van der Waals surface area (Å²) < 4.78 is 4.66. The molecule has 3 aromatic rings. The van der Waals surface area contributed by atoms with Gasteiger partial charge in [-0.25, -0.2) is 9.69 Å². The van der Waals surface area contributed by atoms with E-state index in [2.05, 4.69) is 4.74 Å². The van der Waals surface area contributed by atoms with Crippen LogP contribution in [0.25, 0.3) is 0 Å². The molecule has 0 N–H and O–H groups in total. The summed E-state index contributed by atoms with van der Waals surface area (Å²) in [6.45, 7) is 0.0896. The zero-order valence-electron chi connectivity index (χ0n) is 18.5. The fourth-order valence-corrected chi connectivity index (χ4v) is 4.48. The van der Waals surface area contributed by atoms with Gasteiger partial charge in [-0.3, -0.25) is 24.5 Å². The molecule has 1 aromatic heterocycles. The van der Waals surface area contributed by atoms with E-state index in [1.807, 2.05) is 17.5 Å². The Labute approximate surface area is 203 Å². The molecule has 0 spiro atoms. The van der Waals surface area contributed by atoms with Crippen LogP contribution in [-0.4, -0.2) is 46.7 Å². The number of carbonyl (C=O) groups is 4. The molecule has 0 saturated carbocycles. The fraction of sp³-hybridized carbons (Fsp3) is 0.167. The van der Waals surface area contributed by atoms with Crippen LogP contribution in [0.15, 0.2) is 66.0 Å².